The zero-order chi connectivity index (χ0) is 29.3. The minimum absolute atomic E-state index is 0.00504. The maximum atomic E-state index is 12.9. The van der Waals surface area contributed by atoms with E-state index in [1.807, 2.05) is 38.2 Å². The number of nitrogens with zero attached hydrogens (tertiary/aromatic N) is 3. The van der Waals surface area contributed by atoms with Crippen LogP contribution in [0.5, 0.6) is 0 Å². The first-order valence-electron chi connectivity index (χ1n) is 13.9. The second kappa shape index (κ2) is 14.4. The molecule has 0 bridgehead atoms. The zero-order valence-corrected chi connectivity index (χ0v) is 23.8. The van der Waals surface area contributed by atoms with Gasteiger partial charge in [-0.05, 0) is 51.1 Å². The lowest BCUT2D eigenvalue weighted by Gasteiger charge is -2.36. The third-order valence-electron chi connectivity index (χ3n) is 7.43. The number of pyridine rings is 1. The topological polar surface area (TPSA) is 133 Å². The summed E-state index contributed by atoms with van der Waals surface area (Å²) in [5.74, 6) is -1.39. The molecule has 220 valence electrons. The SMILES string of the molecule is C[C@@H](/C=C/C=C(\O)[C@H]1OC(=O)C[C@H](O)CC[C@@](C)(O)[C@@H](OC(=O)N2CCN(C)CC2)/C=C/[C@@H]1C)c1ccccn1. The van der Waals surface area contributed by atoms with E-state index in [9.17, 15) is 24.9 Å². The van der Waals surface area contributed by atoms with Crippen LogP contribution in [0.2, 0.25) is 0 Å². The summed E-state index contributed by atoms with van der Waals surface area (Å²) in [5, 5.41) is 32.6. The van der Waals surface area contributed by atoms with Gasteiger partial charge in [0.1, 0.15) is 11.4 Å². The summed E-state index contributed by atoms with van der Waals surface area (Å²) in [6.45, 7) is 7.75. The van der Waals surface area contributed by atoms with Crippen molar-refractivity contribution in [1.82, 2.24) is 14.8 Å². The summed E-state index contributed by atoms with van der Waals surface area (Å²) in [6, 6.07) is 5.65. The molecule has 1 amide bonds. The second-order valence-electron chi connectivity index (χ2n) is 11.0. The van der Waals surface area contributed by atoms with E-state index in [0.29, 0.717) is 13.1 Å². The molecule has 0 spiro atoms. The fourth-order valence-electron chi connectivity index (χ4n) is 4.60. The molecule has 1 saturated heterocycles. The molecule has 0 aliphatic carbocycles. The molecule has 3 N–H and O–H groups in total. The molecule has 0 aromatic carbocycles. The monoisotopic (exact) mass is 557 g/mol. The van der Waals surface area contributed by atoms with E-state index in [0.717, 1.165) is 18.8 Å². The third-order valence-corrected chi connectivity index (χ3v) is 7.43. The molecular weight excluding hydrogens is 514 g/mol. The first-order valence-corrected chi connectivity index (χ1v) is 13.9. The van der Waals surface area contributed by atoms with E-state index in [-0.39, 0.29) is 30.9 Å². The van der Waals surface area contributed by atoms with Crippen molar-refractivity contribution in [2.24, 2.45) is 5.92 Å². The van der Waals surface area contributed by atoms with Gasteiger partial charge < -0.3 is 34.6 Å². The highest BCUT2D eigenvalue weighted by molar-refractivity contribution is 5.70. The lowest BCUT2D eigenvalue weighted by atomic mass is 9.89. The van der Waals surface area contributed by atoms with Gasteiger partial charge in [-0.25, -0.2) is 4.79 Å². The molecule has 0 radical (unpaired) electrons. The average molecular weight is 558 g/mol. The Morgan fingerprint density at radius 3 is 2.65 bits per heavy atom. The van der Waals surface area contributed by atoms with Gasteiger partial charge in [-0.15, -0.1) is 0 Å². The molecule has 3 heterocycles. The molecule has 1 aromatic heterocycles. The molecule has 0 saturated carbocycles. The van der Waals surface area contributed by atoms with Crippen LogP contribution in [-0.4, -0.2) is 99.3 Å². The van der Waals surface area contributed by atoms with E-state index >= 15 is 0 Å². The Morgan fingerprint density at radius 2 is 1.98 bits per heavy atom. The van der Waals surface area contributed by atoms with Gasteiger partial charge in [0.05, 0.1) is 12.5 Å². The van der Waals surface area contributed by atoms with Crippen molar-refractivity contribution in [3.63, 3.8) is 0 Å². The standard InChI is InChI=1S/C30H43N3O7/c1-21(24-9-5-6-15-31-24)8-7-10-25(35)28-22(2)11-12-26(39-29(37)33-18-16-32(4)17-19-33)30(3,38)14-13-23(34)20-27(36)40-28/h5-12,15,21-23,26,28,34-35,38H,13-14,16-20H2,1-4H3/b8-7+,12-11+,25-10-/t21-,22-,23+,26-,28-,30+/m0/s1. The quantitative estimate of drug-likeness (QED) is 0.216. The number of esters is 1. The lowest BCUT2D eigenvalue weighted by molar-refractivity contribution is -0.153. The molecule has 10 heteroatoms. The van der Waals surface area contributed by atoms with Crippen molar-refractivity contribution in [3.05, 3.63) is 66.2 Å². The normalized spacial score (nSPS) is 31.1. The summed E-state index contributed by atoms with van der Waals surface area (Å²) in [6.07, 6.45) is 6.17. The minimum atomic E-state index is -1.50. The van der Waals surface area contributed by atoms with Crippen molar-refractivity contribution < 1.29 is 34.4 Å². The first-order chi connectivity index (χ1) is 19.0. The average Bonchev–Trinajstić information content (AvgIpc) is 2.92. The Morgan fingerprint density at radius 1 is 1.25 bits per heavy atom. The van der Waals surface area contributed by atoms with Gasteiger partial charge in [0.15, 0.2) is 12.2 Å². The molecular formula is C30H43N3O7. The minimum Gasteiger partial charge on any atom is -0.508 e. The first kappa shape index (κ1) is 31.3. The molecule has 2 aliphatic rings. The van der Waals surface area contributed by atoms with Crippen molar-refractivity contribution in [1.29, 1.82) is 0 Å². The number of piperazine rings is 1. The van der Waals surface area contributed by atoms with E-state index < -0.39 is 41.9 Å². The number of cyclic esters (lactones) is 1. The number of hydrogen-bond acceptors (Lipinski definition) is 9. The Hall–Kier alpha value is -3.21. The number of ether oxygens (including phenoxy) is 2. The Bertz CT molecular complexity index is 1060. The predicted molar refractivity (Wildman–Crippen MR) is 151 cm³/mol. The number of aromatic nitrogens is 1. The number of likely N-dealkylation sites (N-methyl/N-ethyl adjacent to an activating group) is 1. The van der Waals surface area contributed by atoms with Crippen molar-refractivity contribution >= 4 is 12.1 Å². The molecule has 1 aromatic rings. The summed E-state index contributed by atoms with van der Waals surface area (Å²) >= 11 is 0. The molecule has 1 fully saturated rings. The van der Waals surface area contributed by atoms with Crippen LogP contribution >= 0.6 is 0 Å². The lowest BCUT2D eigenvalue weighted by Crippen LogP contribution is -2.50. The number of aliphatic hydroxyl groups excluding tert-OH is 2. The maximum absolute atomic E-state index is 12.9. The molecule has 2 aliphatic heterocycles. The summed E-state index contributed by atoms with van der Waals surface area (Å²) < 4.78 is 11.4. The van der Waals surface area contributed by atoms with Crippen LogP contribution < -0.4 is 0 Å². The van der Waals surface area contributed by atoms with E-state index in [1.165, 1.54) is 6.08 Å². The summed E-state index contributed by atoms with van der Waals surface area (Å²) in [7, 11) is 1.99. The van der Waals surface area contributed by atoms with Gasteiger partial charge in [-0.3, -0.25) is 9.78 Å². The summed E-state index contributed by atoms with van der Waals surface area (Å²) in [4.78, 5) is 33.6. The van der Waals surface area contributed by atoms with Crippen molar-refractivity contribution in [2.75, 3.05) is 33.2 Å². The number of carbonyl (C=O) groups excluding carboxylic acids is 2. The van der Waals surface area contributed by atoms with Crippen LogP contribution in [-0.2, 0) is 14.3 Å². The predicted octanol–water partition coefficient (Wildman–Crippen LogP) is 3.34. The largest absolute Gasteiger partial charge is 0.508 e. The van der Waals surface area contributed by atoms with E-state index in [4.69, 9.17) is 9.47 Å². The number of amides is 1. The molecule has 6 atom stereocenters. The molecule has 0 unspecified atom stereocenters. The van der Waals surface area contributed by atoms with Gasteiger partial charge in [0.25, 0.3) is 0 Å². The second-order valence-corrected chi connectivity index (χ2v) is 11.0. The van der Waals surface area contributed by atoms with Gasteiger partial charge in [0, 0.05) is 49.9 Å². The Labute approximate surface area is 236 Å². The number of aliphatic hydroxyl groups is 3. The van der Waals surface area contributed by atoms with Crippen LogP contribution in [0, 0.1) is 5.92 Å². The van der Waals surface area contributed by atoms with Crippen LogP contribution in [0.3, 0.4) is 0 Å². The fourth-order valence-corrected chi connectivity index (χ4v) is 4.60. The number of rotatable bonds is 5. The third kappa shape index (κ3) is 9.18. The number of allylic oxidation sites excluding steroid dienone is 3. The van der Waals surface area contributed by atoms with Gasteiger partial charge in [0.2, 0.25) is 0 Å². The van der Waals surface area contributed by atoms with Crippen LogP contribution in [0.15, 0.2) is 60.5 Å². The highest BCUT2D eigenvalue weighted by atomic mass is 16.6. The van der Waals surface area contributed by atoms with Crippen molar-refractivity contribution in [3.8, 4) is 0 Å². The fraction of sp³-hybridized carbons (Fsp3) is 0.567. The van der Waals surface area contributed by atoms with E-state index in [2.05, 4.69) is 9.88 Å². The maximum Gasteiger partial charge on any atom is 0.410 e. The molecule has 40 heavy (non-hydrogen) atoms. The van der Waals surface area contributed by atoms with Crippen LogP contribution in [0.4, 0.5) is 4.79 Å². The van der Waals surface area contributed by atoms with Gasteiger partial charge in [-0.1, -0.05) is 38.1 Å². The van der Waals surface area contributed by atoms with Crippen LogP contribution in [0.25, 0.3) is 0 Å². The summed E-state index contributed by atoms with van der Waals surface area (Å²) in [5.41, 5.74) is -0.626. The van der Waals surface area contributed by atoms with Crippen molar-refractivity contribution in [2.45, 2.75) is 69.9 Å². The Balaban J connectivity index is 1.81. The smallest absolute Gasteiger partial charge is 0.410 e. The van der Waals surface area contributed by atoms with Gasteiger partial charge >= 0.3 is 12.1 Å². The highest BCUT2D eigenvalue weighted by Gasteiger charge is 2.37. The molecule has 10 nitrogen and oxygen atoms in total. The number of hydrogen-bond donors (Lipinski definition) is 3. The number of carbonyl (C=O) groups is 2. The highest BCUT2D eigenvalue weighted by Crippen LogP contribution is 2.27. The molecule has 3 rings (SSSR count). The van der Waals surface area contributed by atoms with E-state index in [1.54, 1.807) is 43.2 Å². The Kier molecular flexibility index (Phi) is 11.3. The zero-order valence-electron chi connectivity index (χ0n) is 23.8. The van der Waals surface area contributed by atoms with Gasteiger partial charge in [-0.2, -0.15) is 0 Å². The van der Waals surface area contributed by atoms with Crippen LogP contribution in [0.1, 0.15) is 51.6 Å².